The fourth-order valence-electron chi connectivity index (χ4n) is 0.676. The van der Waals surface area contributed by atoms with Crippen molar-refractivity contribution in [2.45, 2.75) is 13.3 Å². The van der Waals surface area contributed by atoms with Crippen molar-refractivity contribution in [3.05, 3.63) is 11.6 Å². The van der Waals surface area contributed by atoms with Gasteiger partial charge in [0.1, 0.15) is 0 Å². The molecule has 0 saturated heterocycles. The van der Waals surface area contributed by atoms with Crippen LogP contribution >= 0.6 is 0 Å². The summed E-state index contributed by atoms with van der Waals surface area (Å²) in [6.07, 6.45) is 2.32. The maximum absolute atomic E-state index is 10.5. The molecule has 0 aromatic rings. The molecule has 0 rings (SSSR count). The molecular formula is C8H15NO2. The van der Waals surface area contributed by atoms with Crippen LogP contribution in [0.5, 0.6) is 0 Å². The van der Waals surface area contributed by atoms with Crippen LogP contribution in [-0.4, -0.2) is 36.6 Å². The number of carbonyl (C=O) groups is 1. The van der Waals surface area contributed by atoms with Gasteiger partial charge in [-0.3, -0.25) is 0 Å². The molecular weight excluding hydrogens is 142 g/mol. The average Bonchev–Trinajstić information content (AvgIpc) is 1.87. The second-order valence-corrected chi connectivity index (χ2v) is 2.65. The van der Waals surface area contributed by atoms with E-state index in [4.69, 9.17) is 5.11 Å². The molecule has 0 amide bonds. The van der Waals surface area contributed by atoms with E-state index in [1.807, 2.05) is 25.9 Å². The predicted molar refractivity (Wildman–Crippen MR) is 44.6 cm³/mol. The number of nitrogens with zero attached hydrogens (tertiary/aromatic N) is 1. The summed E-state index contributed by atoms with van der Waals surface area (Å²) in [4.78, 5) is 12.4. The van der Waals surface area contributed by atoms with Crippen LogP contribution in [0.3, 0.4) is 0 Å². The first-order chi connectivity index (χ1) is 5.07. The van der Waals surface area contributed by atoms with E-state index in [-0.39, 0.29) is 0 Å². The molecule has 0 aliphatic rings. The summed E-state index contributed by atoms with van der Waals surface area (Å²) in [5, 5.41) is 8.60. The number of carboxylic acids is 1. The standard InChI is InChI=1S/C8H15NO2/c1-4-7(8(10)11)5-6-9(2)3/h5H,4,6H2,1-3H3,(H,10,11). The molecule has 0 spiro atoms. The molecule has 0 aliphatic carbocycles. The highest BCUT2D eigenvalue weighted by Crippen LogP contribution is 1.99. The zero-order valence-corrected chi connectivity index (χ0v) is 7.29. The molecule has 3 nitrogen and oxygen atoms in total. The van der Waals surface area contributed by atoms with E-state index in [0.717, 1.165) is 0 Å². The van der Waals surface area contributed by atoms with Gasteiger partial charge >= 0.3 is 5.97 Å². The van der Waals surface area contributed by atoms with Gasteiger partial charge in [-0.2, -0.15) is 0 Å². The van der Waals surface area contributed by atoms with E-state index in [0.29, 0.717) is 18.5 Å². The quantitative estimate of drug-likeness (QED) is 0.618. The van der Waals surface area contributed by atoms with Gasteiger partial charge in [0.15, 0.2) is 0 Å². The van der Waals surface area contributed by atoms with Gasteiger partial charge in [-0.1, -0.05) is 13.0 Å². The van der Waals surface area contributed by atoms with E-state index in [9.17, 15) is 4.79 Å². The lowest BCUT2D eigenvalue weighted by atomic mass is 10.2. The highest BCUT2D eigenvalue weighted by molar-refractivity contribution is 5.86. The molecule has 0 heterocycles. The van der Waals surface area contributed by atoms with Crippen LogP contribution in [0.4, 0.5) is 0 Å². The van der Waals surface area contributed by atoms with Crippen molar-refractivity contribution >= 4 is 5.97 Å². The Hall–Kier alpha value is -0.830. The fraction of sp³-hybridized carbons (Fsp3) is 0.625. The summed E-state index contributed by atoms with van der Waals surface area (Å²) >= 11 is 0. The van der Waals surface area contributed by atoms with E-state index in [1.54, 1.807) is 6.08 Å². The minimum Gasteiger partial charge on any atom is -0.478 e. The molecule has 1 N–H and O–H groups in total. The third-order valence-corrected chi connectivity index (χ3v) is 1.36. The van der Waals surface area contributed by atoms with Crippen molar-refractivity contribution in [2.24, 2.45) is 0 Å². The minimum atomic E-state index is -0.811. The van der Waals surface area contributed by atoms with Crippen LogP contribution in [0.1, 0.15) is 13.3 Å². The van der Waals surface area contributed by atoms with Crippen molar-refractivity contribution in [1.82, 2.24) is 4.90 Å². The average molecular weight is 157 g/mol. The Balaban J connectivity index is 4.02. The lowest BCUT2D eigenvalue weighted by Crippen LogP contribution is -2.12. The Kier molecular flexibility index (Phi) is 4.54. The molecule has 11 heavy (non-hydrogen) atoms. The summed E-state index contributed by atoms with van der Waals surface area (Å²) in [6, 6.07) is 0. The minimum absolute atomic E-state index is 0.485. The van der Waals surface area contributed by atoms with Crippen LogP contribution in [0, 0.1) is 0 Å². The number of hydrogen-bond acceptors (Lipinski definition) is 2. The van der Waals surface area contributed by atoms with Gasteiger partial charge in [-0.05, 0) is 20.5 Å². The number of likely N-dealkylation sites (N-methyl/N-ethyl adjacent to an activating group) is 1. The second kappa shape index (κ2) is 4.91. The van der Waals surface area contributed by atoms with Gasteiger partial charge in [0.2, 0.25) is 0 Å². The normalized spacial score (nSPS) is 12.2. The Morgan fingerprint density at radius 1 is 1.55 bits per heavy atom. The molecule has 0 aromatic carbocycles. The number of hydrogen-bond donors (Lipinski definition) is 1. The molecule has 0 fully saturated rings. The maximum Gasteiger partial charge on any atom is 0.331 e. The highest BCUT2D eigenvalue weighted by Gasteiger charge is 2.02. The topological polar surface area (TPSA) is 40.5 Å². The zero-order chi connectivity index (χ0) is 8.85. The Labute approximate surface area is 67.3 Å². The monoisotopic (exact) mass is 157 g/mol. The van der Waals surface area contributed by atoms with Gasteiger partial charge in [0, 0.05) is 12.1 Å². The molecule has 0 saturated carbocycles. The molecule has 0 radical (unpaired) electrons. The van der Waals surface area contributed by atoms with E-state index >= 15 is 0 Å². The number of aliphatic carboxylic acids is 1. The van der Waals surface area contributed by atoms with Gasteiger partial charge in [-0.15, -0.1) is 0 Å². The van der Waals surface area contributed by atoms with E-state index < -0.39 is 5.97 Å². The van der Waals surface area contributed by atoms with E-state index in [1.165, 1.54) is 0 Å². The van der Waals surface area contributed by atoms with Crippen LogP contribution in [-0.2, 0) is 4.79 Å². The zero-order valence-electron chi connectivity index (χ0n) is 7.29. The predicted octanol–water partition coefficient (Wildman–Crippen LogP) is 0.969. The summed E-state index contributed by atoms with van der Waals surface area (Å²) in [5.74, 6) is -0.811. The van der Waals surface area contributed by atoms with Crippen molar-refractivity contribution in [1.29, 1.82) is 0 Å². The summed E-state index contributed by atoms with van der Waals surface area (Å²) in [5.41, 5.74) is 0.485. The summed E-state index contributed by atoms with van der Waals surface area (Å²) < 4.78 is 0. The molecule has 0 bridgehead atoms. The van der Waals surface area contributed by atoms with Crippen LogP contribution in [0.25, 0.3) is 0 Å². The second-order valence-electron chi connectivity index (χ2n) is 2.65. The smallest absolute Gasteiger partial charge is 0.331 e. The van der Waals surface area contributed by atoms with Crippen molar-refractivity contribution in [3.8, 4) is 0 Å². The van der Waals surface area contributed by atoms with E-state index in [2.05, 4.69) is 0 Å². The van der Waals surface area contributed by atoms with Crippen molar-refractivity contribution in [2.75, 3.05) is 20.6 Å². The lowest BCUT2D eigenvalue weighted by Gasteiger charge is -2.05. The van der Waals surface area contributed by atoms with Crippen molar-refractivity contribution < 1.29 is 9.90 Å². The van der Waals surface area contributed by atoms with Gasteiger partial charge in [0.05, 0.1) is 0 Å². The number of carboxylic acid groups (broad SMARTS) is 1. The first-order valence-electron chi connectivity index (χ1n) is 3.65. The fourth-order valence-corrected chi connectivity index (χ4v) is 0.676. The van der Waals surface area contributed by atoms with Gasteiger partial charge < -0.3 is 10.0 Å². The van der Waals surface area contributed by atoms with Gasteiger partial charge in [-0.25, -0.2) is 4.79 Å². The largest absolute Gasteiger partial charge is 0.478 e. The molecule has 0 unspecified atom stereocenters. The Bertz CT molecular complexity index is 161. The lowest BCUT2D eigenvalue weighted by molar-refractivity contribution is -0.132. The van der Waals surface area contributed by atoms with Gasteiger partial charge in [0.25, 0.3) is 0 Å². The molecule has 64 valence electrons. The van der Waals surface area contributed by atoms with Crippen LogP contribution in [0.2, 0.25) is 0 Å². The molecule has 0 aromatic heterocycles. The highest BCUT2D eigenvalue weighted by atomic mass is 16.4. The molecule has 0 aliphatic heterocycles. The first-order valence-corrected chi connectivity index (χ1v) is 3.65. The first kappa shape index (κ1) is 10.2. The SMILES string of the molecule is CCC(=CCN(C)C)C(=O)O. The Morgan fingerprint density at radius 3 is 2.36 bits per heavy atom. The third kappa shape index (κ3) is 4.56. The summed E-state index contributed by atoms with van der Waals surface area (Å²) in [6.45, 7) is 2.53. The van der Waals surface area contributed by atoms with Crippen LogP contribution < -0.4 is 0 Å². The van der Waals surface area contributed by atoms with Crippen LogP contribution in [0.15, 0.2) is 11.6 Å². The Morgan fingerprint density at radius 2 is 2.09 bits per heavy atom. The number of rotatable bonds is 4. The third-order valence-electron chi connectivity index (χ3n) is 1.36. The molecule has 0 atom stereocenters. The summed E-state index contributed by atoms with van der Waals surface area (Å²) in [7, 11) is 3.82. The molecule has 3 heteroatoms. The van der Waals surface area contributed by atoms with Crippen molar-refractivity contribution in [3.63, 3.8) is 0 Å². The maximum atomic E-state index is 10.5.